The van der Waals surface area contributed by atoms with Crippen LogP contribution in [0.3, 0.4) is 0 Å². The van der Waals surface area contributed by atoms with Gasteiger partial charge < -0.3 is 4.74 Å². The lowest BCUT2D eigenvalue weighted by Gasteiger charge is -2.27. The van der Waals surface area contributed by atoms with Gasteiger partial charge in [0.2, 0.25) is 29.0 Å². The van der Waals surface area contributed by atoms with Crippen LogP contribution in [0.1, 0.15) is 37.9 Å². The van der Waals surface area contributed by atoms with E-state index in [0.717, 1.165) is 22.6 Å². The number of rotatable bonds is 2. The fraction of sp³-hybridized carbons (Fsp3) is 0.185. The second-order valence-electron chi connectivity index (χ2n) is 8.88. The van der Waals surface area contributed by atoms with Gasteiger partial charge in [-0.15, -0.1) is 0 Å². The summed E-state index contributed by atoms with van der Waals surface area (Å²) >= 11 is 0. The van der Waals surface area contributed by atoms with Crippen molar-refractivity contribution in [3.8, 4) is 0 Å². The molecule has 0 N–H and O–H groups in total. The number of imide groups is 1. The van der Waals surface area contributed by atoms with E-state index in [1.165, 1.54) is 24.3 Å². The van der Waals surface area contributed by atoms with E-state index in [-0.39, 0.29) is 16.8 Å². The Bertz CT molecular complexity index is 1360. The van der Waals surface area contributed by atoms with Crippen LogP contribution in [0.2, 0.25) is 0 Å². The number of carbonyl (C=O) groups excluding carboxylic acids is 4. The molecule has 1 spiro atoms. The van der Waals surface area contributed by atoms with Crippen LogP contribution >= 0.6 is 0 Å². The lowest BCUT2D eigenvalue weighted by atomic mass is 9.77. The number of ether oxygens (including phenoxy) is 1. The van der Waals surface area contributed by atoms with Gasteiger partial charge in [0.15, 0.2) is 0 Å². The van der Waals surface area contributed by atoms with Gasteiger partial charge in [-0.2, -0.15) is 0 Å². The van der Waals surface area contributed by atoms with Crippen molar-refractivity contribution in [3.63, 3.8) is 0 Å². The number of ketones is 2. The minimum atomic E-state index is -2.12. The van der Waals surface area contributed by atoms with Crippen molar-refractivity contribution in [2.75, 3.05) is 4.90 Å². The van der Waals surface area contributed by atoms with Gasteiger partial charge in [0.25, 0.3) is 0 Å². The first-order valence-electron chi connectivity index (χ1n) is 10.9. The molecular formula is C27H18FNO5. The first-order valence-corrected chi connectivity index (χ1v) is 10.9. The molecule has 2 aliphatic heterocycles. The van der Waals surface area contributed by atoms with Gasteiger partial charge in [0.1, 0.15) is 5.82 Å². The number of hydrogen-bond acceptors (Lipinski definition) is 5. The Morgan fingerprint density at radius 3 is 1.97 bits per heavy atom. The van der Waals surface area contributed by atoms with Crippen molar-refractivity contribution in [3.05, 3.63) is 101 Å². The molecule has 0 saturated carbocycles. The zero-order valence-corrected chi connectivity index (χ0v) is 18.0. The number of hydrogen-bond donors (Lipinski definition) is 0. The van der Waals surface area contributed by atoms with E-state index in [2.05, 4.69) is 0 Å². The van der Waals surface area contributed by atoms with Gasteiger partial charge in [-0.1, -0.05) is 54.1 Å². The number of anilines is 1. The van der Waals surface area contributed by atoms with Crippen LogP contribution in [0, 0.1) is 24.6 Å². The molecule has 0 aromatic heterocycles. The maximum Gasteiger partial charge on any atom is 0.241 e. The number of nitrogens with zero attached hydrogens (tertiary/aromatic N) is 1. The molecule has 6 nitrogen and oxygen atoms in total. The summed E-state index contributed by atoms with van der Waals surface area (Å²) in [6.45, 7) is 1.91. The fourth-order valence-corrected chi connectivity index (χ4v) is 5.42. The molecule has 3 aromatic rings. The molecule has 7 heteroatoms. The Hall–Kier alpha value is -3.97. The van der Waals surface area contributed by atoms with E-state index in [1.54, 1.807) is 24.3 Å². The van der Waals surface area contributed by atoms with Crippen LogP contribution in [0.5, 0.6) is 0 Å². The second-order valence-corrected chi connectivity index (χ2v) is 8.88. The molecule has 168 valence electrons. The summed E-state index contributed by atoms with van der Waals surface area (Å²) in [4.78, 5) is 55.7. The molecule has 2 saturated heterocycles. The van der Waals surface area contributed by atoms with E-state index < -0.39 is 52.7 Å². The summed E-state index contributed by atoms with van der Waals surface area (Å²) in [5.74, 6) is -5.44. The minimum Gasteiger partial charge on any atom is -0.349 e. The molecule has 2 amide bonds. The number of amides is 2. The smallest absolute Gasteiger partial charge is 0.241 e. The van der Waals surface area contributed by atoms with E-state index in [1.807, 2.05) is 19.1 Å². The Morgan fingerprint density at radius 2 is 1.38 bits per heavy atom. The maximum atomic E-state index is 13.7. The molecule has 1 aliphatic carbocycles. The van der Waals surface area contributed by atoms with Crippen molar-refractivity contribution < 1.29 is 28.3 Å². The highest BCUT2D eigenvalue weighted by Crippen LogP contribution is 2.57. The summed E-state index contributed by atoms with van der Waals surface area (Å²) < 4.78 is 19.7. The van der Waals surface area contributed by atoms with Gasteiger partial charge in [0, 0.05) is 11.1 Å². The zero-order valence-electron chi connectivity index (χ0n) is 18.0. The van der Waals surface area contributed by atoms with Crippen molar-refractivity contribution >= 4 is 29.1 Å². The quantitative estimate of drug-likeness (QED) is 0.433. The Kier molecular flexibility index (Phi) is 4.25. The molecule has 34 heavy (non-hydrogen) atoms. The van der Waals surface area contributed by atoms with E-state index >= 15 is 0 Å². The topological polar surface area (TPSA) is 80.8 Å². The van der Waals surface area contributed by atoms with Gasteiger partial charge in [-0.25, -0.2) is 9.29 Å². The monoisotopic (exact) mass is 455 g/mol. The van der Waals surface area contributed by atoms with Crippen LogP contribution in [-0.2, 0) is 14.3 Å². The van der Waals surface area contributed by atoms with Crippen LogP contribution in [0.15, 0.2) is 72.8 Å². The lowest BCUT2D eigenvalue weighted by Crippen LogP contribution is -2.51. The van der Waals surface area contributed by atoms with E-state index in [9.17, 15) is 23.6 Å². The number of carbonyl (C=O) groups is 4. The third-order valence-corrected chi connectivity index (χ3v) is 7.01. The predicted molar refractivity (Wildman–Crippen MR) is 119 cm³/mol. The molecule has 2 heterocycles. The highest BCUT2D eigenvalue weighted by Gasteiger charge is 2.74. The minimum absolute atomic E-state index is 0.177. The van der Waals surface area contributed by atoms with Crippen molar-refractivity contribution in [2.24, 2.45) is 11.8 Å². The van der Waals surface area contributed by atoms with Crippen LogP contribution in [0.4, 0.5) is 10.1 Å². The second kappa shape index (κ2) is 7.01. The first-order chi connectivity index (χ1) is 16.3. The molecule has 3 aliphatic rings. The summed E-state index contributed by atoms with van der Waals surface area (Å²) in [7, 11) is 0. The Balaban J connectivity index is 1.54. The average molecular weight is 455 g/mol. The Labute approximate surface area is 193 Å². The molecule has 2 fully saturated rings. The van der Waals surface area contributed by atoms with E-state index in [0.29, 0.717) is 5.56 Å². The van der Waals surface area contributed by atoms with Gasteiger partial charge in [-0.3, -0.25) is 19.2 Å². The average Bonchev–Trinajstić information content (AvgIpc) is 3.40. The molecule has 0 unspecified atom stereocenters. The van der Waals surface area contributed by atoms with Crippen LogP contribution in [0.25, 0.3) is 0 Å². The summed E-state index contributed by atoms with van der Waals surface area (Å²) in [6, 6.07) is 18.5. The zero-order chi connectivity index (χ0) is 23.8. The fourth-order valence-electron chi connectivity index (χ4n) is 5.42. The predicted octanol–water partition coefficient (Wildman–Crippen LogP) is 3.83. The standard InChI is InChI=1S/C27H18FNO5/c1-14-6-8-15(9-7-14)22-20-21(26(33)29(25(20)32)17-12-10-16(28)11-13-17)27(34-22)23(30)18-4-2-3-5-19(18)24(27)31/h2-13,20-22H,1H3/t20-,21+,22-/m1/s1. The highest BCUT2D eigenvalue weighted by molar-refractivity contribution is 6.37. The molecule has 6 rings (SSSR count). The molecule has 0 bridgehead atoms. The lowest BCUT2D eigenvalue weighted by molar-refractivity contribution is -0.127. The summed E-state index contributed by atoms with van der Waals surface area (Å²) in [5.41, 5.74) is -0.0104. The molecular weight excluding hydrogens is 437 g/mol. The summed E-state index contributed by atoms with van der Waals surface area (Å²) in [6.07, 6.45) is -0.977. The number of fused-ring (bicyclic) bond motifs is 3. The maximum absolute atomic E-state index is 13.7. The van der Waals surface area contributed by atoms with Crippen molar-refractivity contribution in [2.45, 2.75) is 18.6 Å². The van der Waals surface area contributed by atoms with Gasteiger partial charge >= 0.3 is 0 Å². The number of Topliss-reactive ketones (excluding diaryl/α,β-unsaturated/α-hetero) is 2. The van der Waals surface area contributed by atoms with Crippen molar-refractivity contribution in [1.29, 1.82) is 0 Å². The van der Waals surface area contributed by atoms with E-state index in [4.69, 9.17) is 4.74 Å². The van der Waals surface area contributed by atoms with Gasteiger partial charge in [0.05, 0.1) is 23.6 Å². The SMILES string of the molecule is Cc1ccc([C@H]2OC3(C(=O)c4ccccc4C3=O)[C@@H]3C(=O)N(c4ccc(F)cc4)C(=O)[C@@H]23)cc1. The molecule has 0 radical (unpaired) electrons. The first kappa shape index (κ1) is 20.6. The van der Waals surface area contributed by atoms with Crippen LogP contribution < -0.4 is 4.90 Å². The summed E-state index contributed by atoms with van der Waals surface area (Å²) in [5, 5.41) is 0. The third-order valence-electron chi connectivity index (χ3n) is 7.01. The normalized spacial score (nSPS) is 24.8. The van der Waals surface area contributed by atoms with Gasteiger partial charge in [-0.05, 0) is 36.8 Å². The number of aryl methyl sites for hydroxylation is 1. The third kappa shape index (κ3) is 2.53. The van der Waals surface area contributed by atoms with Crippen molar-refractivity contribution in [1.82, 2.24) is 0 Å². The molecule has 3 atom stereocenters. The number of halogens is 1. The molecule has 3 aromatic carbocycles. The Morgan fingerprint density at radius 1 is 0.794 bits per heavy atom. The largest absolute Gasteiger partial charge is 0.349 e. The highest BCUT2D eigenvalue weighted by atomic mass is 19.1. The van der Waals surface area contributed by atoms with Crippen LogP contribution in [-0.4, -0.2) is 29.0 Å². The number of benzene rings is 3.